The van der Waals surface area contributed by atoms with Gasteiger partial charge in [0.05, 0.1) is 5.56 Å². The Kier molecular flexibility index (Phi) is 5.26. The van der Waals surface area contributed by atoms with E-state index < -0.39 is 5.97 Å². The number of carbonyl (C=O) groups is 2. The molecule has 0 aliphatic carbocycles. The predicted molar refractivity (Wildman–Crippen MR) is 66.7 cm³/mol. The predicted octanol–water partition coefficient (Wildman–Crippen LogP) is 0.461. The summed E-state index contributed by atoms with van der Waals surface area (Å²) < 4.78 is 0. The van der Waals surface area contributed by atoms with Crippen LogP contribution < -0.4 is 5.32 Å². The molecule has 6 nitrogen and oxygen atoms in total. The third-order valence-corrected chi connectivity index (χ3v) is 2.31. The summed E-state index contributed by atoms with van der Waals surface area (Å²) in [5.74, 6) is -1.34. The summed E-state index contributed by atoms with van der Waals surface area (Å²) in [6.07, 6.45) is 2.13. The molecule has 0 aliphatic heterocycles. The monoisotopic (exact) mass is 251 g/mol. The lowest BCUT2D eigenvalue weighted by atomic mass is 10.2. The number of rotatable bonds is 6. The number of aromatic carboxylic acids is 1. The van der Waals surface area contributed by atoms with Gasteiger partial charge in [0.25, 0.3) is 5.91 Å². The van der Waals surface area contributed by atoms with E-state index >= 15 is 0 Å². The van der Waals surface area contributed by atoms with Crippen LogP contribution in [0.4, 0.5) is 0 Å². The van der Waals surface area contributed by atoms with Crippen molar-refractivity contribution in [2.45, 2.75) is 6.42 Å². The van der Waals surface area contributed by atoms with Gasteiger partial charge in [0, 0.05) is 12.7 Å². The molecule has 1 aromatic rings. The number of hydrogen-bond donors (Lipinski definition) is 2. The molecule has 1 rings (SSSR count). The van der Waals surface area contributed by atoms with Crippen molar-refractivity contribution in [3.05, 3.63) is 29.6 Å². The summed E-state index contributed by atoms with van der Waals surface area (Å²) in [4.78, 5) is 28.0. The van der Waals surface area contributed by atoms with E-state index in [1.807, 2.05) is 19.0 Å². The molecule has 18 heavy (non-hydrogen) atoms. The summed E-state index contributed by atoms with van der Waals surface area (Å²) in [7, 11) is 3.94. The number of carboxylic acid groups (broad SMARTS) is 1. The fourth-order valence-electron chi connectivity index (χ4n) is 1.35. The molecule has 0 radical (unpaired) electrons. The Morgan fingerprint density at radius 2 is 2.11 bits per heavy atom. The number of amides is 1. The Morgan fingerprint density at radius 3 is 2.61 bits per heavy atom. The quantitative estimate of drug-likeness (QED) is 0.718. The second-order valence-corrected chi connectivity index (χ2v) is 4.15. The second kappa shape index (κ2) is 6.70. The largest absolute Gasteiger partial charge is 0.477 e. The zero-order chi connectivity index (χ0) is 13.5. The van der Waals surface area contributed by atoms with E-state index in [0.29, 0.717) is 12.1 Å². The Bertz CT molecular complexity index is 415. The average molecular weight is 251 g/mol. The molecular weight excluding hydrogens is 234 g/mol. The van der Waals surface area contributed by atoms with Gasteiger partial charge in [-0.05, 0) is 39.2 Å². The van der Waals surface area contributed by atoms with Crippen LogP contribution in [0.3, 0.4) is 0 Å². The maximum atomic E-state index is 11.7. The Labute approximate surface area is 106 Å². The van der Waals surface area contributed by atoms with E-state index in [0.717, 1.165) is 13.0 Å². The molecule has 6 heteroatoms. The van der Waals surface area contributed by atoms with E-state index in [1.54, 1.807) is 0 Å². The van der Waals surface area contributed by atoms with Crippen LogP contribution >= 0.6 is 0 Å². The van der Waals surface area contributed by atoms with Crippen LogP contribution in [0.25, 0.3) is 0 Å². The minimum Gasteiger partial charge on any atom is -0.477 e. The third-order valence-electron chi connectivity index (χ3n) is 2.31. The molecule has 1 heterocycles. The summed E-state index contributed by atoms with van der Waals surface area (Å²) >= 11 is 0. The van der Waals surface area contributed by atoms with Crippen molar-refractivity contribution in [3.63, 3.8) is 0 Å². The van der Waals surface area contributed by atoms with Crippen LogP contribution in [0.5, 0.6) is 0 Å². The Balaban J connectivity index is 2.44. The first-order valence-corrected chi connectivity index (χ1v) is 5.63. The average Bonchev–Trinajstić information content (AvgIpc) is 2.34. The number of hydrogen-bond acceptors (Lipinski definition) is 4. The highest BCUT2D eigenvalue weighted by Crippen LogP contribution is 2.00. The Morgan fingerprint density at radius 1 is 1.39 bits per heavy atom. The molecule has 0 atom stereocenters. The smallest absolute Gasteiger partial charge is 0.354 e. The van der Waals surface area contributed by atoms with Crippen molar-refractivity contribution >= 4 is 11.9 Å². The lowest BCUT2D eigenvalue weighted by Crippen LogP contribution is -2.27. The van der Waals surface area contributed by atoms with Gasteiger partial charge in [-0.1, -0.05) is 0 Å². The molecule has 0 aliphatic rings. The van der Waals surface area contributed by atoms with Crippen molar-refractivity contribution in [3.8, 4) is 0 Å². The fourth-order valence-corrected chi connectivity index (χ4v) is 1.35. The van der Waals surface area contributed by atoms with Crippen LogP contribution in [0, 0.1) is 0 Å². The van der Waals surface area contributed by atoms with Crippen molar-refractivity contribution in [1.29, 1.82) is 0 Å². The first-order valence-electron chi connectivity index (χ1n) is 5.63. The molecule has 0 saturated carbocycles. The van der Waals surface area contributed by atoms with E-state index in [-0.39, 0.29) is 11.6 Å². The van der Waals surface area contributed by atoms with Gasteiger partial charge in [-0.3, -0.25) is 4.79 Å². The first-order chi connectivity index (χ1) is 8.50. The van der Waals surface area contributed by atoms with Gasteiger partial charge in [-0.15, -0.1) is 0 Å². The molecule has 2 N–H and O–H groups in total. The highest BCUT2D eigenvalue weighted by molar-refractivity contribution is 5.94. The number of aromatic nitrogens is 1. The van der Waals surface area contributed by atoms with E-state index in [9.17, 15) is 9.59 Å². The van der Waals surface area contributed by atoms with Crippen molar-refractivity contribution < 1.29 is 14.7 Å². The third kappa shape index (κ3) is 4.50. The zero-order valence-electron chi connectivity index (χ0n) is 10.5. The van der Waals surface area contributed by atoms with Crippen molar-refractivity contribution in [1.82, 2.24) is 15.2 Å². The maximum Gasteiger partial charge on any atom is 0.354 e. The summed E-state index contributed by atoms with van der Waals surface area (Å²) in [5, 5.41) is 11.4. The maximum absolute atomic E-state index is 11.7. The number of pyridine rings is 1. The van der Waals surface area contributed by atoms with Crippen LogP contribution in [0.15, 0.2) is 18.3 Å². The van der Waals surface area contributed by atoms with Gasteiger partial charge in [-0.2, -0.15) is 0 Å². The van der Waals surface area contributed by atoms with Gasteiger partial charge in [0.1, 0.15) is 5.69 Å². The number of carboxylic acids is 1. The molecule has 0 bridgehead atoms. The summed E-state index contributed by atoms with van der Waals surface area (Å²) in [6.45, 7) is 1.48. The molecule has 0 spiro atoms. The number of nitrogens with zero attached hydrogens (tertiary/aromatic N) is 2. The van der Waals surface area contributed by atoms with Crippen LogP contribution in [-0.4, -0.2) is 54.1 Å². The molecular formula is C12H17N3O3. The highest BCUT2D eigenvalue weighted by Gasteiger charge is 2.08. The minimum absolute atomic E-state index is 0.0702. The van der Waals surface area contributed by atoms with E-state index in [4.69, 9.17) is 5.11 Å². The van der Waals surface area contributed by atoms with Gasteiger partial charge < -0.3 is 15.3 Å². The normalized spacial score (nSPS) is 10.4. The molecule has 0 saturated heterocycles. The molecule has 0 unspecified atom stereocenters. The van der Waals surface area contributed by atoms with Gasteiger partial charge in [0.2, 0.25) is 0 Å². The molecule has 1 aromatic heterocycles. The lowest BCUT2D eigenvalue weighted by molar-refractivity contribution is 0.0689. The van der Waals surface area contributed by atoms with Crippen molar-refractivity contribution in [2.24, 2.45) is 0 Å². The van der Waals surface area contributed by atoms with Crippen molar-refractivity contribution in [2.75, 3.05) is 27.2 Å². The minimum atomic E-state index is -1.10. The van der Waals surface area contributed by atoms with Gasteiger partial charge in [0.15, 0.2) is 0 Å². The fraction of sp³-hybridized carbons (Fsp3) is 0.417. The lowest BCUT2D eigenvalue weighted by Gasteiger charge is -2.09. The van der Waals surface area contributed by atoms with Crippen LogP contribution in [0.1, 0.15) is 27.3 Å². The number of nitrogens with one attached hydrogen (secondary N) is 1. The number of carbonyl (C=O) groups excluding carboxylic acids is 1. The van der Waals surface area contributed by atoms with Gasteiger partial charge in [-0.25, -0.2) is 9.78 Å². The standard InChI is InChI=1S/C12H17N3O3/c1-15(2)7-3-6-13-11(16)9-4-5-10(12(17)18)14-8-9/h4-5,8H,3,6-7H2,1-2H3,(H,13,16)(H,17,18). The summed E-state index contributed by atoms with van der Waals surface area (Å²) in [6, 6.07) is 2.77. The van der Waals surface area contributed by atoms with Crippen LogP contribution in [0.2, 0.25) is 0 Å². The van der Waals surface area contributed by atoms with E-state index in [1.165, 1.54) is 18.3 Å². The Hall–Kier alpha value is -1.95. The topological polar surface area (TPSA) is 82.5 Å². The first kappa shape index (κ1) is 14.1. The van der Waals surface area contributed by atoms with Gasteiger partial charge >= 0.3 is 5.97 Å². The molecule has 98 valence electrons. The second-order valence-electron chi connectivity index (χ2n) is 4.15. The van der Waals surface area contributed by atoms with E-state index in [2.05, 4.69) is 10.3 Å². The molecule has 1 amide bonds. The molecule has 0 aromatic carbocycles. The SMILES string of the molecule is CN(C)CCCNC(=O)c1ccc(C(=O)O)nc1. The van der Waals surface area contributed by atoms with Crippen LogP contribution in [-0.2, 0) is 0 Å². The zero-order valence-corrected chi connectivity index (χ0v) is 10.5. The highest BCUT2D eigenvalue weighted by atomic mass is 16.4. The molecule has 0 fully saturated rings. The summed E-state index contributed by atoms with van der Waals surface area (Å²) in [5.41, 5.74) is 0.295.